The van der Waals surface area contributed by atoms with Crippen LogP contribution >= 0.6 is 0 Å². The fourth-order valence-corrected chi connectivity index (χ4v) is 5.60. The molecule has 1 aromatic carbocycles. The highest BCUT2D eigenvalue weighted by atomic mass is 16.5. The lowest BCUT2D eigenvalue weighted by atomic mass is 9.67. The Hall–Kier alpha value is -2.52. The molecule has 1 fully saturated rings. The van der Waals surface area contributed by atoms with Crippen LogP contribution in [0.5, 0.6) is 5.88 Å². The Morgan fingerprint density at radius 3 is 2.34 bits per heavy atom. The second-order valence-corrected chi connectivity index (χ2v) is 11.4. The number of methoxy groups -OCH3 is 2. The van der Waals surface area contributed by atoms with Gasteiger partial charge in [-0.25, -0.2) is 4.98 Å². The van der Waals surface area contributed by atoms with Crippen LogP contribution in [-0.2, 0) is 21.5 Å². The summed E-state index contributed by atoms with van der Waals surface area (Å²) in [5.74, 6) is -0.0850. The molecule has 1 saturated heterocycles. The molecule has 0 radical (unpaired) electrons. The molecular weight excluding hydrogens is 484 g/mol. The molecular formula is C30H44N2O6. The van der Waals surface area contributed by atoms with Crippen molar-refractivity contribution in [2.45, 2.75) is 76.6 Å². The van der Waals surface area contributed by atoms with Crippen molar-refractivity contribution in [1.29, 1.82) is 0 Å². The Balaban J connectivity index is 2.28. The first kappa shape index (κ1) is 30.0. The monoisotopic (exact) mass is 528 g/mol. The van der Waals surface area contributed by atoms with Gasteiger partial charge in [0.05, 0.1) is 31.5 Å². The summed E-state index contributed by atoms with van der Waals surface area (Å²) >= 11 is 0. The molecule has 0 saturated carbocycles. The number of carbonyl (C=O) groups excluding carboxylic acids is 1. The summed E-state index contributed by atoms with van der Waals surface area (Å²) in [5, 5.41) is 22.3. The van der Waals surface area contributed by atoms with E-state index in [4.69, 9.17) is 14.2 Å². The van der Waals surface area contributed by atoms with Crippen LogP contribution in [0.15, 0.2) is 36.5 Å². The minimum absolute atomic E-state index is 0.0735. The number of morpholine rings is 1. The lowest BCUT2D eigenvalue weighted by Crippen LogP contribution is -2.45. The smallest absolute Gasteiger partial charge is 0.254 e. The normalized spacial score (nSPS) is 17.1. The second-order valence-electron chi connectivity index (χ2n) is 11.4. The Morgan fingerprint density at radius 2 is 1.79 bits per heavy atom. The van der Waals surface area contributed by atoms with Crippen molar-refractivity contribution in [3.8, 4) is 5.88 Å². The zero-order valence-corrected chi connectivity index (χ0v) is 23.9. The molecule has 0 spiro atoms. The number of aliphatic hydroxyl groups is 2. The van der Waals surface area contributed by atoms with E-state index in [0.717, 1.165) is 16.7 Å². The molecule has 2 heterocycles. The number of carbonyl (C=O) groups is 1. The van der Waals surface area contributed by atoms with Gasteiger partial charge in [-0.05, 0) is 69.9 Å². The number of aryl methyl sites for hydroxylation is 1. The Kier molecular flexibility index (Phi) is 9.57. The Bertz CT molecular complexity index is 1060. The number of benzene rings is 1. The van der Waals surface area contributed by atoms with Gasteiger partial charge in [0, 0.05) is 49.9 Å². The van der Waals surface area contributed by atoms with Crippen LogP contribution in [0.3, 0.4) is 0 Å². The van der Waals surface area contributed by atoms with Crippen molar-refractivity contribution in [2.75, 3.05) is 40.5 Å². The minimum Gasteiger partial charge on any atom is -0.481 e. The van der Waals surface area contributed by atoms with Gasteiger partial charge in [0.2, 0.25) is 5.88 Å². The van der Waals surface area contributed by atoms with Gasteiger partial charge in [0.25, 0.3) is 5.91 Å². The van der Waals surface area contributed by atoms with Gasteiger partial charge in [0.15, 0.2) is 0 Å². The van der Waals surface area contributed by atoms with Gasteiger partial charge < -0.3 is 29.3 Å². The summed E-state index contributed by atoms with van der Waals surface area (Å²) < 4.78 is 17.6. The van der Waals surface area contributed by atoms with Crippen LogP contribution in [-0.4, -0.2) is 77.7 Å². The van der Waals surface area contributed by atoms with E-state index < -0.39 is 22.7 Å². The van der Waals surface area contributed by atoms with Gasteiger partial charge in [-0.1, -0.05) is 19.1 Å². The molecule has 0 bridgehead atoms. The number of ether oxygens (including phenoxy) is 3. The zero-order chi connectivity index (χ0) is 28.1. The standard InChI is InChI=1S/C30H44N2O6/c1-8-21-12-13-31-26(36-6)25(21)24(19-28(2,3)34)30(37-7,20-29(4,5)35)23-11-9-10-22(18-23)27(33)32-14-16-38-17-15-32/h9-13,18,24,34-35H,8,14-17,19-20H2,1-7H3. The fourth-order valence-electron chi connectivity index (χ4n) is 5.60. The molecule has 1 aromatic heterocycles. The van der Waals surface area contributed by atoms with E-state index in [1.165, 1.54) is 0 Å². The van der Waals surface area contributed by atoms with Crippen molar-refractivity contribution in [3.05, 3.63) is 58.8 Å². The summed E-state index contributed by atoms with van der Waals surface area (Å²) in [5.41, 5.74) is -0.221. The summed E-state index contributed by atoms with van der Waals surface area (Å²) in [4.78, 5) is 19.7. The van der Waals surface area contributed by atoms with Crippen LogP contribution < -0.4 is 4.74 Å². The maximum Gasteiger partial charge on any atom is 0.254 e. The third-order valence-corrected chi connectivity index (χ3v) is 7.19. The number of hydrogen-bond donors (Lipinski definition) is 2. The van der Waals surface area contributed by atoms with Crippen LogP contribution in [0.1, 0.15) is 80.4 Å². The van der Waals surface area contributed by atoms with E-state index in [-0.39, 0.29) is 12.3 Å². The molecule has 1 amide bonds. The topological polar surface area (TPSA) is 101 Å². The quantitative estimate of drug-likeness (QED) is 0.453. The summed E-state index contributed by atoms with van der Waals surface area (Å²) in [7, 11) is 3.20. The van der Waals surface area contributed by atoms with Crippen molar-refractivity contribution in [2.24, 2.45) is 0 Å². The Labute approximate surface area is 226 Å². The predicted molar refractivity (Wildman–Crippen MR) is 147 cm³/mol. The predicted octanol–water partition coefficient (Wildman–Crippen LogP) is 4.07. The largest absolute Gasteiger partial charge is 0.481 e. The maximum absolute atomic E-state index is 13.4. The zero-order valence-electron chi connectivity index (χ0n) is 23.9. The van der Waals surface area contributed by atoms with Crippen LogP contribution in [0.2, 0.25) is 0 Å². The maximum atomic E-state index is 13.4. The van der Waals surface area contributed by atoms with Crippen molar-refractivity contribution >= 4 is 5.91 Å². The summed E-state index contributed by atoms with van der Waals surface area (Å²) in [6.45, 7) is 11.2. The molecule has 1 aliphatic heterocycles. The highest BCUT2D eigenvalue weighted by Gasteiger charge is 2.48. The van der Waals surface area contributed by atoms with Crippen molar-refractivity contribution in [1.82, 2.24) is 9.88 Å². The lowest BCUT2D eigenvalue weighted by Gasteiger charge is -2.46. The molecule has 210 valence electrons. The van der Waals surface area contributed by atoms with Crippen LogP contribution in [0.25, 0.3) is 0 Å². The third kappa shape index (κ3) is 6.91. The molecule has 2 atom stereocenters. The van der Waals surface area contributed by atoms with Gasteiger partial charge in [-0.3, -0.25) is 4.79 Å². The SMILES string of the molecule is CCc1ccnc(OC)c1C(CC(C)(C)O)C(CC(C)(C)O)(OC)c1cccc(C(=O)N2CCOCC2)c1. The molecule has 38 heavy (non-hydrogen) atoms. The van der Waals surface area contributed by atoms with Gasteiger partial charge in [-0.2, -0.15) is 0 Å². The van der Waals surface area contributed by atoms with E-state index >= 15 is 0 Å². The van der Waals surface area contributed by atoms with E-state index in [1.54, 1.807) is 59.1 Å². The van der Waals surface area contributed by atoms with Gasteiger partial charge in [-0.15, -0.1) is 0 Å². The van der Waals surface area contributed by atoms with E-state index in [1.807, 2.05) is 24.3 Å². The molecule has 8 nitrogen and oxygen atoms in total. The molecule has 2 unspecified atom stereocenters. The first-order valence-corrected chi connectivity index (χ1v) is 13.3. The fraction of sp³-hybridized carbons (Fsp3) is 0.600. The Morgan fingerprint density at radius 1 is 1.11 bits per heavy atom. The molecule has 3 rings (SSSR count). The number of amides is 1. The lowest BCUT2D eigenvalue weighted by molar-refractivity contribution is -0.108. The second kappa shape index (κ2) is 12.1. The first-order valence-electron chi connectivity index (χ1n) is 13.3. The van der Waals surface area contributed by atoms with E-state index in [9.17, 15) is 15.0 Å². The van der Waals surface area contributed by atoms with Crippen molar-refractivity contribution < 1.29 is 29.2 Å². The van der Waals surface area contributed by atoms with Gasteiger partial charge in [0.1, 0.15) is 5.60 Å². The summed E-state index contributed by atoms with van der Waals surface area (Å²) in [6.07, 6.45) is 2.93. The average Bonchev–Trinajstić information content (AvgIpc) is 2.89. The number of pyridine rings is 1. The molecule has 0 aliphatic carbocycles. The van der Waals surface area contributed by atoms with Crippen LogP contribution in [0.4, 0.5) is 0 Å². The van der Waals surface area contributed by atoms with E-state index in [2.05, 4.69) is 11.9 Å². The molecule has 2 aromatic rings. The number of nitrogens with zero attached hydrogens (tertiary/aromatic N) is 2. The highest BCUT2D eigenvalue weighted by molar-refractivity contribution is 5.94. The number of rotatable bonds is 11. The molecule has 8 heteroatoms. The number of hydrogen-bond acceptors (Lipinski definition) is 7. The molecule has 1 aliphatic rings. The average molecular weight is 529 g/mol. The van der Waals surface area contributed by atoms with Crippen molar-refractivity contribution in [3.63, 3.8) is 0 Å². The number of aromatic nitrogens is 1. The highest BCUT2D eigenvalue weighted by Crippen LogP contribution is 2.51. The van der Waals surface area contributed by atoms with Gasteiger partial charge >= 0.3 is 0 Å². The van der Waals surface area contributed by atoms with Crippen LogP contribution in [0, 0.1) is 0 Å². The third-order valence-electron chi connectivity index (χ3n) is 7.19. The summed E-state index contributed by atoms with van der Waals surface area (Å²) in [6, 6.07) is 9.40. The molecule has 2 N–H and O–H groups in total. The minimum atomic E-state index is -1.14. The first-order chi connectivity index (χ1) is 17.8. The van der Waals surface area contributed by atoms with E-state index in [0.29, 0.717) is 50.6 Å².